The van der Waals surface area contributed by atoms with E-state index < -0.39 is 0 Å². The Labute approximate surface area is 121 Å². The van der Waals surface area contributed by atoms with E-state index in [1.54, 1.807) is 0 Å². The second kappa shape index (κ2) is 6.88. The zero-order valence-electron chi connectivity index (χ0n) is 9.87. The van der Waals surface area contributed by atoms with Crippen LogP contribution in [-0.2, 0) is 13.0 Å². The first kappa shape index (κ1) is 13.5. The van der Waals surface area contributed by atoms with E-state index >= 15 is 0 Å². The fourth-order valence-electron chi connectivity index (χ4n) is 1.68. The van der Waals surface area contributed by atoms with Crippen LogP contribution in [0.4, 0.5) is 0 Å². The molecule has 0 saturated heterocycles. The Bertz CT molecular complexity index is 502. The van der Waals surface area contributed by atoms with E-state index in [0.29, 0.717) is 0 Å². The summed E-state index contributed by atoms with van der Waals surface area (Å²) in [5.74, 6) is 0. The highest BCUT2D eigenvalue weighted by Gasteiger charge is 2.00. The van der Waals surface area contributed by atoms with Crippen molar-refractivity contribution in [3.05, 3.63) is 63.3 Å². The van der Waals surface area contributed by atoms with Crippen LogP contribution in [0, 0.1) is 0 Å². The molecule has 1 aromatic heterocycles. The molecule has 2 nitrogen and oxygen atoms in total. The number of nitrogens with one attached hydrogen (secondary N) is 1. The summed E-state index contributed by atoms with van der Waals surface area (Å²) in [5.41, 5.74) is 2.47. The maximum Gasteiger partial charge on any atom is 0.0410 e. The molecule has 0 aliphatic carbocycles. The Balaban J connectivity index is 1.80. The third-order valence-corrected chi connectivity index (χ3v) is 3.67. The smallest absolute Gasteiger partial charge is 0.0410 e. The topological polar surface area (TPSA) is 24.9 Å². The van der Waals surface area contributed by atoms with Crippen LogP contribution < -0.4 is 5.32 Å². The summed E-state index contributed by atoms with van der Waals surface area (Å²) in [6.07, 6.45) is 4.65. The van der Waals surface area contributed by atoms with Crippen molar-refractivity contribution in [2.24, 2.45) is 0 Å². The molecule has 0 spiro atoms. The summed E-state index contributed by atoms with van der Waals surface area (Å²) >= 11 is 9.49. The summed E-state index contributed by atoms with van der Waals surface area (Å²) in [4.78, 5) is 4.00. The maximum absolute atomic E-state index is 5.97. The molecule has 0 unspecified atom stereocenters. The Kier molecular flexibility index (Phi) is 5.17. The third kappa shape index (κ3) is 4.09. The van der Waals surface area contributed by atoms with Crippen molar-refractivity contribution < 1.29 is 0 Å². The molecule has 0 saturated carbocycles. The van der Waals surface area contributed by atoms with Crippen LogP contribution in [0.1, 0.15) is 11.1 Å². The van der Waals surface area contributed by atoms with Gasteiger partial charge in [0.25, 0.3) is 0 Å². The molecule has 2 rings (SSSR count). The molecule has 0 atom stereocenters. The molecular weight excluding hydrogens is 312 g/mol. The van der Waals surface area contributed by atoms with Crippen molar-refractivity contribution in [3.8, 4) is 0 Å². The minimum Gasteiger partial charge on any atom is -0.312 e. The van der Waals surface area contributed by atoms with Gasteiger partial charge in [0.15, 0.2) is 0 Å². The van der Waals surface area contributed by atoms with Crippen LogP contribution in [0.3, 0.4) is 0 Å². The van der Waals surface area contributed by atoms with Gasteiger partial charge < -0.3 is 5.32 Å². The minimum absolute atomic E-state index is 0.768. The molecule has 0 amide bonds. The average Bonchev–Trinajstić information content (AvgIpc) is 2.40. The third-order valence-electron chi connectivity index (χ3n) is 2.66. The number of benzene rings is 1. The van der Waals surface area contributed by atoms with Crippen molar-refractivity contribution in [2.75, 3.05) is 6.54 Å². The predicted molar refractivity (Wildman–Crippen MR) is 78.8 cm³/mol. The van der Waals surface area contributed by atoms with Gasteiger partial charge in [-0.15, -0.1) is 0 Å². The van der Waals surface area contributed by atoms with Crippen molar-refractivity contribution in [3.63, 3.8) is 0 Å². The summed E-state index contributed by atoms with van der Waals surface area (Å²) < 4.78 is 1.09. The Morgan fingerprint density at radius 3 is 2.72 bits per heavy atom. The molecule has 0 aliphatic rings. The van der Waals surface area contributed by atoms with Crippen LogP contribution in [0.5, 0.6) is 0 Å². The molecule has 2 aromatic rings. The van der Waals surface area contributed by atoms with E-state index in [1.165, 1.54) is 11.1 Å². The van der Waals surface area contributed by atoms with Crippen molar-refractivity contribution in [1.82, 2.24) is 10.3 Å². The monoisotopic (exact) mass is 324 g/mol. The number of aromatic nitrogens is 1. The lowest BCUT2D eigenvalue weighted by Gasteiger charge is -2.07. The lowest BCUT2D eigenvalue weighted by atomic mass is 10.2. The molecular formula is C14H14BrClN2. The van der Waals surface area contributed by atoms with Crippen LogP contribution in [0.25, 0.3) is 0 Å². The lowest BCUT2D eigenvalue weighted by molar-refractivity contribution is 0.685. The molecule has 1 heterocycles. The molecule has 1 N–H and O–H groups in total. The van der Waals surface area contributed by atoms with E-state index in [2.05, 4.69) is 26.2 Å². The Morgan fingerprint density at radius 2 is 1.94 bits per heavy atom. The molecule has 0 aliphatic heterocycles. The average molecular weight is 326 g/mol. The molecule has 4 heteroatoms. The summed E-state index contributed by atoms with van der Waals surface area (Å²) in [6, 6.07) is 9.91. The zero-order valence-corrected chi connectivity index (χ0v) is 12.2. The van der Waals surface area contributed by atoms with Gasteiger partial charge in [-0.25, -0.2) is 0 Å². The van der Waals surface area contributed by atoms with Crippen molar-refractivity contribution in [1.29, 1.82) is 0 Å². The van der Waals surface area contributed by atoms with Gasteiger partial charge in [-0.05, 0) is 54.4 Å². The molecule has 0 fully saturated rings. The van der Waals surface area contributed by atoms with Crippen LogP contribution in [-0.4, -0.2) is 11.5 Å². The van der Waals surface area contributed by atoms with Crippen LogP contribution in [0.15, 0.2) is 47.2 Å². The van der Waals surface area contributed by atoms with Crippen LogP contribution in [0.2, 0.25) is 5.02 Å². The molecule has 18 heavy (non-hydrogen) atoms. The number of nitrogens with zero attached hydrogens (tertiary/aromatic N) is 1. The fraction of sp³-hybridized carbons (Fsp3) is 0.214. The zero-order chi connectivity index (χ0) is 12.8. The number of pyridine rings is 1. The SMILES string of the molecule is Clc1ccc(Br)c(CNCCc2ccncc2)c1. The lowest BCUT2D eigenvalue weighted by Crippen LogP contribution is -2.17. The molecule has 0 radical (unpaired) electrons. The number of rotatable bonds is 5. The van der Waals surface area contributed by atoms with Gasteiger partial charge in [-0.3, -0.25) is 4.98 Å². The van der Waals surface area contributed by atoms with Gasteiger partial charge in [0.2, 0.25) is 0 Å². The molecule has 94 valence electrons. The van der Waals surface area contributed by atoms with Gasteiger partial charge >= 0.3 is 0 Å². The van der Waals surface area contributed by atoms with E-state index in [-0.39, 0.29) is 0 Å². The minimum atomic E-state index is 0.768. The number of hydrogen-bond donors (Lipinski definition) is 1. The van der Waals surface area contributed by atoms with Gasteiger partial charge in [-0.1, -0.05) is 27.5 Å². The van der Waals surface area contributed by atoms with Gasteiger partial charge in [-0.2, -0.15) is 0 Å². The first-order valence-electron chi connectivity index (χ1n) is 5.79. The standard InChI is InChI=1S/C14H14BrClN2/c15-14-2-1-13(16)9-12(14)10-18-8-5-11-3-6-17-7-4-11/h1-4,6-7,9,18H,5,8,10H2. The first-order chi connectivity index (χ1) is 8.75. The predicted octanol–water partition coefficient (Wildman–Crippen LogP) is 3.83. The van der Waals surface area contributed by atoms with Gasteiger partial charge in [0.05, 0.1) is 0 Å². The highest BCUT2D eigenvalue weighted by molar-refractivity contribution is 9.10. The summed E-state index contributed by atoms with van der Waals surface area (Å²) in [6.45, 7) is 1.75. The van der Waals surface area contributed by atoms with E-state index in [0.717, 1.165) is 29.0 Å². The fourth-order valence-corrected chi connectivity index (χ4v) is 2.27. The van der Waals surface area contributed by atoms with Gasteiger partial charge in [0, 0.05) is 28.4 Å². The Morgan fingerprint density at radius 1 is 1.17 bits per heavy atom. The number of halogens is 2. The quantitative estimate of drug-likeness (QED) is 0.845. The van der Waals surface area contributed by atoms with E-state index in [4.69, 9.17) is 11.6 Å². The first-order valence-corrected chi connectivity index (χ1v) is 6.96. The molecule has 1 aromatic carbocycles. The highest BCUT2D eigenvalue weighted by Crippen LogP contribution is 2.20. The second-order valence-electron chi connectivity index (χ2n) is 4.02. The van der Waals surface area contributed by atoms with Gasteiger partial charge in [0.1, 0.15) is 0 Å². The second-order valence-corrected chi connectivity index (χ2v) is 5.31. The maximum atomic E-state index is 5.97. The summed E-state index contributed by atoms with van der Waals surface area (Å²) in [5, 5.41) is 4.18. The van der Waals surface area contributed by atoms with Crippen molar-refractivity contribution >= 4 is 27.5 Å². The Hall–Kier alpha value is -0.900. The van der Waals surface area contributed by atoms with E-state index in [9.17, 15) is 0 Å². The highest BCUT2D eigenvalue weighted by atomic mass is 79.9. The van der Waals surface area contributed by atoms with Crippen LogP contribution >= 0.6 is 27.5 Å². The number of hydrogen-bond acceptors (Lipinski definition) is 2. The normalized spacial score (nSPS) is 10.6. The largest absolute Gasteiger partial charge is 0.312 e. The summed E-state index contributed by atoms with van der Waals surface area (Å²) in [7, 11) is 0. The van der Waals surface area contributed by atoms with Crippen molar-refractivity contribution in [2.45, 2.75) is 13.0 Å². The molecule has 0 bridgehead atoms. The van der Waals surface area contributed by atoms with E-state index in [1.807, 2.05) is 42.7 Å².